The minimum atomic E-state index is 0.759. The molecule has 0 radical (unpaired) electrons. The van der Waals surface area contributed by atoms with Gasteiger partial charge in [0.2, 0.25) is 0 Å². The van der Waals surface area contributed by atoms with E-state index in [1.54, 1.807) is 18.4 Å². The van der Waals surface area contributed by atoms with Crippen molar-refractivity contribution in [2.75, 3.05) is 7.11 Å². The lowest BCUT2D eigenvalue weighted by atomic mass is 10.2. The van der Waals surface area contributed by atoms with Crippen LogP contribution in [0.15, 0.2) is 48.5 Å². The van der Waals surface area contributed by atoms with Crippen LogP contribution in [0.4, 0.5) is 0 Å². The van der Waals surface area contributed by atoms with Crippen LogP contribution in [0.25, 0.3) is 10.1 Å². The minimum Gasteiger partial charge on any atom is -0.496 e. The van der Waals surface area contributed by atoms with E-state index in [0.29, 0.717) is 0 Å². The number of rotatable bonds is 5. The van der Waals surface area contributed by atoms with Gasteiger partial charge in [0.25, 0.3) is 0 Å². The molecule has 0 unspecified atom stereocenters. The molecule has 0 saturated carbocycles. The summed E-state index contributed by atoms with van der Waals surface area (Å²) in [6, 6.07) is 16.3. The molecule has 0 atom stereocenters. The van der Waals surface area contributed by atoms with Gasteiger partial charge in [-0.3, -0.25) is 0 Å². The zero-order valence-electron chi connectivity index (χ0n) is 11.7. The summed E-state index contributed by atoms with van der Waals surface area (Å²) in [6.07, 6.45) is 0. The molecule has 0 spiro atoms. The second-order valence-electron chi connectivity index (χ2n) is 4.75. The van der Waals surface area contributed by atoms with Crippen LogP contribution in [0, 0.1) is 0 Å². The van der Waals surface area contributed by atoms with Crippen LogP contribution in [0.5, 0.6) is 5.75 Å². The van der Waals surface area contributed by atoms with Crippen molar-refractivity contribution in [2.45, 2.75) is 13.1 Å². The van der Waals surface area contributed by atoms with E-state index in [9.17, 15) is 0 Å². The molecule has 3 aromatic rings. The first-order valence-electron chi connectivity index (χ1n) is 6.78. The molecule has 2 aromatic carbocycles. The second-order valence-corrected chi connectivity index (χ2v) is 6.27. The molecule has 21 heavy (non-hydrogen) atoms. The van der Waals surface area contributed by atoms with Gasteiger partial charge in [-0.1, -0.05) is 48.0 Å². The van der Waals surface area contributed by atoms with Crippen molar-refractivity contribution in [1.82, 2.24) is 5.32 Å². The van der Waals surface area contributed by atoms with Crippen molar-refractivity contribution in [3.8, 4) is 5.75 Å². The third-order valence-electron chi connectivity index (χ3n) is 3.40. The zero-order valence-corrected chi connectivity index (χ0v) is 13.3. The fourth-order valence-electron chi connectivity index (χ4n) is 2.34. The molecule has 4 heteroatoms. The second kappa shape index (κ2) is 6.48. The molecule has 2 nitrogen and oxygen atoms in total. The van der Waals surface area contributed by atoms with E-state index in [4.69, 9.17) is 16.3 Å². The van der Waals surface area contributed by atoms with E-state index in [1.165, 1.54) is 9.58 Å². The number of fused-ring (bicyclic) bond motifs is 1. The standard InChI is InChI=1S/C17H16ClNOS/c1-20-14-8-4-2-6-12(14)10-19-11-16-17(18)13-7-3-5-9-15(13)21-16/h2-9,19H,10-11H2,1H3. The lowest BCUT2D eigenvalue weighted by Gasteiger charge is -2.08. The lowest BCUT2D eigenvalue weighted by molar-refractivity contribution is 0.407. The van der Waals surface area contributed by atoms with Crippen LogP contribution in [-0.2, 0) is 13.1 Å². The van der Waals surface area contributed by atoms with Crippen LogP contribution >= 0.6 is 22.9 Å². The third-order valence-corrected chi connectivity index (χ3v) is 5.11. The quantitative estimate of drug-likeness (QED) is 0.726. The van der Waals surface area contributed by atoms with Crippen molar-refractivity contribution < 1.29 is 4.74 Å². The van der Waals surface area contributed by atoms with Crippen molar-refractivity contribution in [1.29, 1.82) is 0 Å². The Morgan fingerprint density at radius 2 is 1.81 bits per heavy atom. The molecule has 0 bridgehead atoms. The van der Waals surface area contributed by atoms with Crippen LogP contribution in [-0.4, -0.2) is 7.11 Å². The van der Waals surface area contributed by atoms with E-state index in [2.05, 4.69) is 23.5 Å². The number of hydrogen-bond donors (Lipinski definition) is 1. The van der Waals surface area contributed by atoms with E-state index in [-0.39, 0.29) is 0 Å². The average Bonchev–Trinajstić information content (AvgIpc) is 2.85. The van der Waals surface area contributed by atoms with Gasteiger partial charge in [0.05, 0.1) is 12.1 Å². The molecule has 1 N–H and O–H groups in total. The number of benzene rings is 2. The molecule has 0 aliphatic rings. The van der Waals surface area contributed by atoms with Gasteiger partial charge in [-0.2, -0.15) is 0 Å². The Bertz CT molecular complexity index is 753. The first-order chi connectivity index (χ1) is 10.3. The number of ether oxygens (including phenoxy) is 1. The monoisotopic (exact) mass is 317 g/mol. The van der Waals surface area contributed by atoms with Crippen LogP contribution in [0.2, 0.25) is 5.02 Å². The maximum atomic E-state index is 6.44. The molecule has 0 amide bonds. The molecule has 3 rings (SSSR count). The van der Waals surface area contributed by atoms with E-state index < -0.39 is 0 Å². The number of halogens is 1. The van der Waals surface area contributed by atoms with Crippen LogP contribution in [0.1, 0.15) is 10.4 Å². The summed E-state index contributed by atoms with van der Waals surface area (Å²) in [4.78, 5) is 1.17. The fourth-order valence-corrected chi connectivity index (χ4v) is 3.81. The smallest absolute Gasteiger partial charge is 0.123 e. The highest BCUT2D eigenvalue weighted by Crippen LogP contribution is 2.35. The van der Waals surface area contributed by atoms with Gasteiger partial charge in [-0.25, -0.2) is 0 Å². The highest BCUT2D eigenvalue weighted by Gasteiger charge is 2.09. The molecular weight excluding hydrogens is 302 g/mol. The Hall–Kier alpha value is -1.55. The summed E-state index contributed by atoms with van der Waals surface area (Å²) in [5.41, 5.74) is 1.15. The Morgan fingerprint density at radius 1 is 1.05 bits per heavy atom. The minimum absolute atomic E-state index is 0.759. The van der Waals surface area contributed by atoms with Gasteiger partial charge in [0.15, 0.2) is 0 Å². The Morgan fingerprint density at radius 3 is 2.62 bits per heavy atom. The van der Waals surface area contributed by atoms with Gasteiger partial charge < -0.3 is 10.1 Å². The molecule has 0 fully saturated rings. The van der Waals surface area contributed by atoms with Crippen molar-refractivity contribution in [2.24, 2.45) is 0 Å². The van der Waals surface area contributed by atoms with Crippen LogP contribution in [0.3, 0.4) is 0 Å². The Labute approximate surface area is 133 Å². The topological polar surface area (TPSA) is 21.3 Å². The first kappa shape index (κ1) is 14.4. The normalized spacial score (nSPS) is 11.0. The summed E-state index contributed by atoms with van der Waals surface area (Å²) in [7, 11) is 1.70. The number of nitrogens with one attached hydrogen (secondary N) is 1. The predicted octanol–water partition coefficient (Wildman–Crippen LogP) is 4.85. The highest BCUT2D eigenvalue weighted by atomic mass is 35.5. The maximum Gasteiger partial charge on any atom is 0.123 e. The fraction of sp³-hybridized carbons (Fsp3) is 0.176. The molecule has 1 heterocycles. The molecule has 1 aromatic heterocycles. The van der Waals surface area contributed by atoms with Crippen LogP contribution < -0.4 is 10.1 Å². The summed E-state index contributed by atoms with van der Waals surface area (Å²) < 4.78 is 6.59. The van der Waals surface area contributed by atoms with Gasteiger partial charge >= 0.3 is 0 Å². The van der Waals surface area contributed by atoms with Gasteiger partial charge in [-0.05, 0) is 12.1 Å². The number of para-hydroxylation sites is 1. The van der Waals surface area contributed by atoms with Gasteiger partial charge in [0.1, 0.15) is 5.75 Å². The Balaban J connectivity index is 1.71. The first-order valence-corrected chi connectivity index (χ1v) is 7.97. The summed E-state index contributed by atoms with van der Waals surface area (Å²) in [5, 5.41) is 5.44. The summed E-state index contributed by atoms with van der Waals surface area (Å²) >= 11 is 8.19. The van der Waals surface area contributed by atoms with Crippen molar-refractivity contribution in [3.63, 3.8) is 0 Å². The molecular formula is C17H16ClNOS. The van der Waals surface area contributed by atoms with E-state index in [1.807, 2.05) is 30.3 Å². The molecule has 0 aliphatic heterocycles. The molecule has 108 valence electrons. The SMILES string of the molecule is COc1ccccc1CNCc1sc2ccccc2c1Cl. The largest absolute Gasteiger partial charge is 0.496 e. The third kappa shape index (κ3) is 3.05. The highest BCUT2D eigenvalue weighted by molar-refractivity contribution is 7.19. The summed E-state index contributed by atoms with van der Waals surface area (Å²) in [5.74, 6) is 0.910. The van der Waals surface area contributed by atoms with Crippen molar-refractivity contribution in [3.05, 3.63) is 64.0 Å². The maximum absolute atomic E-state index is 6.44. The lowest BCUT2D eigenvalue weighted by Crippen LogP contribution is -2.12. The van der Waals surface area contributed by atoms with Crippen molar-refractivity contribution >= 4 is 33.0 Å². The Kier molecular flexibility index (Phi) is 4.44. The average molecular weight is 318 g/mol. The number of thiophene rings is 1. The number of methoxy groups -OCH3 is 1. The number of hydrogen-bond acceptors (Lipinski definition) is 3. The molecule has 0 saturated heterocycles. The summed E-state index contributed by atoms with van der Waals surface area (Å²) in [6.45, 7) is 1.52. The van der Waals surface area contributed by atoms with Gasteiger partial charge in [-0.15, -0.1) is 11.3 Å². The zero-order chi connectivity index (χ0) is 14.7. The molecule has 0 aliphatic carbocycles. The predicted molar refractivity (Wildman–Crippen MR) is 90.4 cm³/mol. The van der Waals surface area contributed by atoms with E-state index in [0.717, 1.165) is 34.8 Å². The van der Waals surface area contributed by atoms with Gasteiger partial charge in [0, 0.05) is 33.6 Å². The van der Waals surface area contributed by atoms with E-state index >= 15 is 0 Å².